The molecule has 0 atom stereocenters. The van der Waals surface area contributed by atoms with Gasteiger partial charge in [-0.2, -0.15) is 0 Å². The lowest BCUT2D eigenvalue weighted by Gasteiger charge is -2.09. The summed E-state index contributed by atoms with van der Waals surface area (Å²) in [6, 6.07) is 3.37. The average Bonchev–Trinajstić information content (AvgIpc) is 2.80. The minimum atomic E-state index is 0.288. The summed E-state index contributed by atoms with van der Waals surface area (Å²) in [4.78, 5) is 0. The predicted octanol–water partition coefficient (Wildman–Crippen LogP) is 4.62. The van der Waals surface area contributed by atoms with Gasteiger partial charge in [-0.3, -0.25) is 0 Å². The summed E-state index contributed by atoms with van der Waals surface area (Å²) in [7, 11) is 0. The standard InChI is InChI=1S/C11H10BrCl2N3OS/c1-2-15-11-9(16-17-19-11)5-18-10-4-7(13)6(12)3-8(10)14/h3-4,15H,2,5H2,1H3. The van der Waals surface area contributed by atoms with Gasteiger partial charge in [-0.1, -0.05) is 27.7 Å². The zero-order valence-electron chi connectivity index (χ0n) is 9.91. The summed E-state index contributed by atoms with van der Waals surface area (Å²) in [5.41, 5.74) is 0.752. The van der Waals surface area contributed by atoms with E-state index in [1.165, 1.54) is 11.5 Å². The third-order valence-corrected chi connectivity index (χ3v) is 4.45. The first kappa shape index (κ1) is 14.8. The van der Waals surface area contributed by atoms with Gasteiger partial charge in [-0.15, -0.1) is 5.10 Å². The molecule has 0 amide bonds. The summed E-state index contributed by atoms with van der Waals surface area (Å²) in [6.07, 6.45) is 0. The summed E-state index contributed by atoms with van der Waals surface area (Å²) >= 11 is 16.7. The molecule has 0 spiro atoms. The van der Waals surface area contributed by atoms with Crippen molar-refractivity contribution < 1.29 is 4.74 Å². The molecule has 1 heterocycles. The fourth-order valence-corrected chi connectivity index (χ4v) is 2.84. The summed E-state index contributed by atoms with van der Waals surface area (Å²) in [5.74, 6) is 0.519. The van der Waals surface area contributed by atoms with Crippen LogP contribution >= 0.6 is 50.7 Å². The lowest BCUT2D eigenvalue weighted by molar-refractivity contribution is 0.302. The van der Waals surface area contributed by atoms with Gasteiger partial charge < -0.3 is 10.1 Å². The van der Waals surface area contributed by atoms with Crippen molar-refractivity contribution in [3.05, 3.63) is 32.3 Å². The molecule has 2 aromatic rings. The van der Waals surface area contributed by atoms with Crippen molar-refractivity contribution in [3.8, 4) is 5.75 Å². The number of ether oxygens (including phenoxy) is 1. The lowest BCUT2D eigenvalue weighted by Crippen LogP contribution is -2.02. The zero-order chi connectivity index (χ0) is 13.8. The van der Waals surface area contributed by atoms with Gasteiger partial charge in [-0.05, 0) is 28.9 Å². The van der Waals surface area contributed by atoms with Crippen molar-refractivity contribution in [1.29, 1.82) is 0 Å². The van der Waals surface area contributed by atoms with Crippen LogP contribution in [0, 0.1) is 0 Å². The van der Waals surface area contributed by atoms with Crippen LogP contribution in [0.3, 0.4) is 0 Å². The number of nitrogens with zero attached hydrogens (tertiary/aromatic N) is 2. The molecular formula is C11H10BrCl2N3OS. The first-order valence-electron chi connectivity index (χ1n) is 5.44. The van der Waals surface area contributed by atoms with Crippen LogP contribution in [-0.4, -0.2) is 16.1 Å². The van der Waals surface area contributed by atoms with Crippen molar-refractivity contribution >= 4 is 55.7 Å². The highest BCUT2D eigenvalue weighted by atomic mass is 79.9. The Morgan fingerprint density at radius 2 is 2.16 bits per heavy atom. The molecule has 2 rings (SSSR count). The van der Waals surface area contributed by atoms with Crippen molar-refractivity contribution in [1.82, 2.24) is 9.59 Å². The molecule has 0 saturated carbocycles. The maximum atomic E-state index is 6.08. The number of hydrogen-bond acceptors (Lipinski definition) is 5. The van der Waals surface area contributed by atoms with Gasteiger partial charge in [0.05, 0.1) is 10.0 Å². The Labute approximate surface area is 133 Å². The molecular weight excluding hydrogens is 373 g/mol. The van der Waals surface area contributed by atoms with E-state index in [-0.39, 0.29) is 6.61 Å². The van der Waals surface area contributed by atoms with E-state index < -0.39 is 0 Å². The van der Waals surface area contributed by atoms with Crippen LogP contribution in [0.2, 0.25) is 10.0 Å². The van der Waals surface area contributed by atoms with Gasteiger partial charge in [0.2, 0.25) is 0 Å². The van der Waals surface area contributed by atoms with Crippen LogP contribution in [-0.2, 0) is 6.61 Å². The molecule has 0 aliphatic carbocycles. The normalized spacial score (nSPS) is 10.5. The summed E-state index contributed by atoms with van der Waals surface area (Å²) < 4.78 is 10.3. The van der Waals surface area contributed by atoms with Crippen LogP contribution < -0.4 is 10.1 Å². The molecule has 4 nitrogen and oxygen atoms in total. The van der Waals surface area contributed by atoms with E-state index in [0.29, 0.717) is 15.8 Å². The van der Waals surface area contributed by atoms with Crippen LogP contribution in [0.4, 0.5) is 5.00 Å². The van der Waals surface area contributed by atoms with E-state index >= 15 is 0 Å². The van der Waals surface area contributed by atoms with E-state index in [4.69, 9.17) is 27.9 Å². The van der Waals surface area contributed by atoms with Gasteiger partial charge in [0.1, 0.15) is 23.1 Å². The lowest BCUT2D eigenvalue weighted by atomic mass is 10.3. The SMILES string of the molecule is CCNc1snnc1COc1cc(Cl)c(Br)cc1Cl. The number of halogens is 3. The van der Waals surface area contributed by atoms with Gasteiger partial charge in [-0.25, -0.2) is 0 Å². The number of anilines is 1. The molecule has 19 heavy (non-hydrogen) atoms. The third kappa shape index (κ3) is 3.72. The van der Waals surface area contributed by atoms with Gasteiger partial charge in [0.15, 0.2) is 0 Å². The summed E-state index contributed by atoms with van der Waals surface area (Å²) in [5, 5.41) is 9.13. The zero-order valence-corrected chi connectivity index (χ0v) is 13.8. The van der Waals surface area contributed by atoms with Crippen molar-refractivity contribution in [2.24, 2.45) is 0 Å². The van der Waals surface area contributed by atoms with Gasteiger partial charge in [0, 0.05) is 28.6 Å². The molecule has 0 unspecified atom stereocenters. The second kappa shape index (κ2) is 6.74. The Balaban J connectivity index is 2.10. The van der Waals surface area contributed by atoms with E-state index in [0.717, 1.165) is 21.7 Å². The largest absolute Gasteiger partial charge is 0.485 e. The Hall–Kier alpha value is -0.560. The molecule has 8 heteroatoms. The molecule has 1 aromatic carbocycles. The molecule has 1 aromatic heterocycles. The second-order valence-electron chi connectivity index (χ2n) is 3.56. The monoisotopic (exact) mass is 381 g/mol. The molecule has 0 radical (unpaired) electrons. The highest BCUT2D eigenvalue weighted by Gasteiger charge is 2.11. The van der Waals surface area contributed by atoms with E-state index in [1.54, 1.807) is 12.1 Å². The first-order chi connectivity index (χ1) is 9.11. The van der Waals surface area contributed by atoms with Gasteiger partial charge >= 0.3 is 0 Å². The number of nitrogens with one attached hydrogen (secondary N) is 1. The number of hydrogen-bond donors (Lipinski definition) is 1. The second-order valence-corrected chi connectivity index (χ2v) is 5.99. The van der Waals surface area contributed by atoms with Crippen molar-refractivity contribution in [2.75, 3.05) is 11.9 Å². The predicted molar refractivity (Wildman–Crippen MR) is 82.6 cm³/mol. The topological polar surface area (TPSA) is 47.0 Å². The third-order valence-electron chi connectivity index (χ3n) is 2.23. The van der Waals surface area contributed by atoms with Crippen LogP contribution in [0.5, 0.6) is 5.75 Å². The average molecular weight is 383 g/mol. The minimum absolute atomic E-state index is 0.288. The molecule has 0 saturated heterocycles. The van der Waals surface area contributed by atoms with Crippen LogP contribution in [0.15, 0.2) is 16.6 Å². The molecule has 0 fully saturated rings. The Kier molecular flexibility index (Phi) is 5.27. The number of benzene rings is 1. The van der Waals surface area contributed by atoms with Crippen molar-refractivity contribution in [3.63, 3.8) is 0 Å². The highest BCUT2D eigenvalue weighted by molar-refractivity contribution is 9.10. The number of aromatic nitrogens is 2. The molecule has 0 bridgehead atoms. The number of rotatable bonds is 5. The minimum Gasteiger partial charge on any atom is -0.485 e. The maximum Gasteiger partial charge on any atom is 0.140 e. The Morgan fingerprint density at radius 1 is 1.37 bits per heavy atom. The van der Waals surface area contributed by atoms with Gasteiger partial charge in [0.25, 0.3) is 0 Å². The van der Waals surface area contributed by atoms with Crippen molar-refractivity contribution in [2.45, 2.75) is 13.5 Å². The highest BCUT2D eigenvalue weighted by Crippen LogP contribution is 2.34. The fourth-order valence-electron chi connectivity index (χ4n) is 1.36. The smallest absolute Gasteiger partial charge is 0.140 e. The van der Waals surface area contributed by atoms with Crippen LogP contribution in [0.25, 0.3) is 0 Å². The molecule has 0 aliphatic rings. The maximum absolute atomic E-state index is 6.08. The molecule has 102 valence electrons. The first-order valence-corrected chi connectivity index (χ1v) is 7.76. The van der Waals surface area contributed by atoms with Crippen LogP contribution in [0.1, 0.15) is 12.6 Å². The summed E-state index contributed by atoms with van der Waals surface area (Å²) in [6.45, 7) is 3.11. The van der Waals surface area contributed by atoms with E-state index in [1.807, 2.05) is 6.92 Å². The van der Waals surface area contributed by atoms with E-state index in [9.17, 15) is 0 Å². The Bertz CT molecular complexity index is 579. The molecule has 1 N–H and O–H groups in total. The fraction of sp³-hybridized carbons (Fsp3) is 0.273. The molecule has 0 aliphatic heterocycles. The quantitative estimate of drug-likeness (QED) is 0.766. The van der Waals surface area contributed by atoms with E-state index in [2.05, 4.69) is 30.8 Å². The Morgan fingerprint density at radius 3 is 2.89 bits per heavy atom.